The molecule has 3 fully saturated rings. The summed E-state index contributed by atoms with van der Waals surface area (Å²) in [5.74, 6) is -1.20. The number of ether oxygens (including phenoxy) is 1. The van der Waals surface area contributed by atoms with E-state index in [4.69, 9.17) is 4.74 Å². The van der Waals surface area contributed by atoms with Gasteiger partial charge in [0, 0.05) is 18.3 Å². The average molecular weight is 463 g/mol. The van der Waals surface area contributed by atoms with E-state index in [0.29, 0.717) is 38.5 Å². The highest BCUT2D eigenvalue weighted by atomic mass is 16.6. The summed E-state index contributed by atoms with van der Waals surface area (Å²) in [5, 5.41) is 32.4. The van der Waals surface area contributed by atoms with Crippen LogP contribution in [-0.4, -0.2) is 57.3 Å². The molecule has 7 nitrogen and oxygen atoms in total. The van der Waals surface area contributed by atoms with Gasteiger partial charge in [-0.2, -0.15) is 0 Å². The van der Waals surface area contributed by atoms with Crippen LogP contribution in [0, 0.1) is 28.6 Å². The first-order valence-electron chi connectivity index (χ1n) is 12.5. The Balaban J connectivity index is 1.73. The van der Waals surface area contributed by atoms with E-state index in [9.17, 15) is 29.7 Å². The number of fused-ring (bicyclic) bond motifs is 5. The maximum absolute atomic E-state index is 13.2. The van der Waals surface area contributed by atoms with E-state index < -0.39 is 47.0 Å². The maximum Gasteiger partial charge on any atom is 0.306 e. The molecular formula is C26H38O7. The van der Waals surface area contributed by atoms with E-state index in [-0.39, 0.29) is 36.4 Å². The third-order valence-corrected chi connectivity index (χ3v) is 9.65. The molecule has 0 radical (unpaired) electrons. The minimum atomic E-state index is -1.46. The third-order valence-electron chi connectivity index (χ3n) is 9.65. The summed E-state index contributed by atoms with van der Waals surface area (Å²) in [6, 6.07) is 0. The molecule has 184 valence electrons. The Labute approximate surface area is 195 Å². The molecule has 0 bridgehead atoms. The molecule has 0 aromatic rings. The molecule has 0 aromatic carbocycles. The van der Waals surface area contributed by atoms with Crippen molar-refractivity contribution in [3.8, 4) is 0 Å². The Kier molecular flexibility index (Phi) is 6.38. The minimum Gasteiger partial charge on any atom is -0.450 e. The topological polar surface area (TPSA) is 121 Å². The molecule has 0 spiro atoms. The zero-order valence-electron chi connectivity index (χ0n) is 20.0. The van der Waals surface area contributed by atoms with E-state index in [1.54, 1.807) is 6.08 Å². The second kappa shape index (κ2) is 8.58. The molecule has 0 aliphatic heterocycles. The number of esters is 1. The van der Waals surface area contributed by atoms with Crippen molar-refractivity contribution in [1.82, 2.24) is 0 Å². The lowest BCUT2D eigenvalue weighted by atomic mass is 9.45. The van der Waals surface area contributed by atoms with Crippen LogP contribution in [0.3, 0.4) is 0 Å². The predicted octanol–water partition coefficient (Wildman–Crippen LogP) is 2.49. The van der Waals surface area contributed by atoms with Crippen molar-refractivity contribution in [3.63, 3.8) is 0 Å². The summed E-state index contributed by atoms with van der Waals surface area (Å²) in [6.07, 6.45) is 4.33. The van der Waals surface area contributed by atoms with Crippen LogP contribution < -0.4 is 0 Å². The Morgan fingerprint density at radius 1 is 1.21 bits per heavy atom. The zero-order chi connectivity index (χ0) is 24.2. The molecule has 4 aliphatic rings. The SMILES string of the molecule is CCCCC(=O)O[C@]1(C(=O)CO)CC[C@H]2[C@H]3C[C@H](O)C4=CC(=O)CC[C@]4(C)[C@H]3[C@@H](O)C[C@@]21C. The molecule has 3 N–H and O–H groups in total. The van der Waals surface area contributed by atoms with E-state index in [0.717, 1.165) is 12.0 Å². The van der Waals surface area contributed by atoms with Crippen molar-refractivity contribution in [3.05, 3.63) is 11.6 Å². The van der Waals surface area contributed by atoms with Crippen LogP contribution in [0.25, 0.3) is 0 Å². The van der Waals surface area contributed by atoms with Crippen LogP contribution in [0.4, 0.5) is 0 Å². The van der Waals surface area contributed by atoms with Gasteiger partial charge < -0.3 is 20.1 Å². The second-order valence-corrected chi connectivity index (χ2v) is 11.2. The number of rotatable bonds is 6. The molecule has 3 saturated carbocycles. The highest BCUT2D eigenvalue weighted by Gasteiger charge is 2.71. The number of carbonyl (C=O) groups excluding carboxylic acids is 3. The van der Waals surface area contributed by atoms with Gasteiger partial charge in [0.05, 0.1) is 12.2 Å². The molecule has 0 unspecified atom stereocenters. The van der Waals surface area contributed by atoms with Gasteiger partial charge in [-0.1, -0.05) is 27.2 Å². The van der Waals surface area contributed by atoms with E-state index >= 15 is 0 Å². The van der Waals surface area contributed by atoms with Gasteiger partial charge in [0.15, 0.2) is 11.4 Å². The number of ketones is 2. The molecule has 0 heterocycles. The fraction of sp³-hybridized carbons (Fsp3) is 0.808. The molecule has 8 atom stereocenters. The van der Waals surface area contributed by atoms with Crippen LogP contribution in [0.5, 0.6) is 0 Å². The smallest absolute Gasteiger partial charge is 0.306 e. The van der Waals surface area contributed by atoms with E-state index in [2.05, 4.69) is 0 Å². The Bertz CT molecular complexity index is 865. The fourth-order valence-electron chi connectivity index (χ4n) is 8.11. The first-order chi connectivity index (χ1) is 15.5. The maximum atomic E-state index is 13.2. The van der Waals surface area contributed by atoms with Gasteiger partial charge in [-0.25, -0.2) is 0 Å². The largest absolute Gasteiger partial charge is 0.450 e. The molecule has 33 heavy (non-hydrogen) atoms. The van der Waals surface area contributed by atoms with Crippen molar-refractivity contribution in [2.75, 3.05) is 6.61 Å². The van der Waals surface area contributed by atoms with Gasteiger partial charge in [-0.15, -0.1) is 0 Å². The van der Waals surface area contributed by atoms with Crippen molar-refractivity contribution >= 4 is 17.5 Å². The highest BCUT2D eigenvalue weighted by Crippen LogP contribution is 2.68. The van der Waals surface area contributed by atoms with Crippen LogP contribution in [0.2, 0.25) is 0 Å². The summed E-state index contributed by atoms with van der Waals surface area (Å²) >= 11 is 0. The molecule has 7 heteroatoms. The van der Waals surface area contributed by atoms with Crippen molar-refractivity contribution in [2.24, 2.45) is 28.6 Å². The van der Waals surface area contributed by atoms with Gasteiger partial charge in [0.25, 0.3) is 0 Å². The molecular weight excluding hydrogens is 424 g/mol. The number of hydrogen-bond donors (Lipinski definition) is 3. The number of Topliss-reactive ketones (excluding diaryl/α,β-unsaturated/α-hetero) is 1. The molecule has 4 aliphatic carbocycles. The number of aliphatic hydroxyl groups excluding tert-OH is 3. The first-order valence-corrected chi connectivity index (χ1v) is 12.5. The third kappa shape index (κ3) is 3.53. The summed E-state index contributed by atoms with van der Waals surface area (Å²) in [5.41, 5.74) is -2.06. The summed E-state index contributed by atoms with van der Waals surface area (Å²) in [4.78, 5) is 37.9. The fourth-order valence-corrected chi connectivity index (χ4v) is 8.11. The standard InChI is InChI=1S/C26H38O7/c1-4-5-6-22(32)33-26(21(31)14-27)10-8-17-16-12-19(29)18-11-15(28)7-9-24(18,2)23(16)20(30)13-25(17,26)3/h11,16-17,19-20,23,27,29-30H,4-10,12-14H2,1-3H3/t16-,17+,19+,20+,23-,24+,25+,26+/m1/s1. The lowest BCUT2D eigenvalue weighted by molar-refractivity contribution is -0.205. The van der Waals surface area contributed by atoms with Crippen LogP contribution in [0.15, 0.2) is 11.6 Å². The van der Waals surface area contributed by atoms with Gasteiger partial charge in [0.1, 0.15) is 6.61 Å². The van der Waals surface area contributed by atoms with Crippen molar-refractivity contribution in [2.45, 2.75) is 96.4 Å². The number of carbonyl (C=O) groups is 3. The lowest BCUT2D eigenvalue weighted by Gasteiger charge is -2.61. The minimum absolute atomic E-state index is 0.0162. The van der Waals surface area contributed by atoms with Crippen LogP contribution >= 0.6 is 0 Å². The molecule has 0 aromatic heterocycles. The lowest BCUT2D eigenvalue weighted by Crippen LogP contribution is -2.64. The zero-order valence-corrected chi connectivity index (χ0v) is 20.0. The Morgan fingerprint density at radius 3 is 2.61 bits per heavy atom. The van der Waals surface area contributed by atoms with Gasteiger partial charge in [-0.05, 0) is 73.3 Å². The summed E-state index contributed by atoms with van der Waals surface area (Å²) in [6.45, 7) is 5.21. The van der Waals surface area contributed by atoms with Gasteiger partial charge >= 0.3 is 5.97 Å². The van der Waals surface area contributed by atoms with Crippen molar-refractivity contribution < 1.29 is 34.4 Å². The monoisotopic (exact) mass is 462 g/mol. The van der Waals surface area contributed by atoms with Crippen LogP contribution in [0.1, 0.15) is 78.6 Å². The number of unbranched alkanes of at least 4 members (excludes halogenated alkanes) is 1. The van der Waals surface area contributed by atoms with Gasteiger partial charge in [-0.3, -0.25) is 14.4 Å². The molecule has 4 rings (SSSR count). The van der Waals surface area contributed by atoms with E-state index in [1.807, 2.05) is 20.8 Å². The highest BCUT2D eigenvalue weighted by molar-refractivity contribution is 5.92. The Hall–Kier alpha value is -1.57. The Morgan fingerprint density at radius 2 is 1.94 bits per heavy atom. The van der Waals surface area contributed by atoms with Crippen LogP contribution in [-0.2, 0) is 19.1 Å². The van der Waals surface area contributed by atoms with E-state index in [1.165, 1.54) is 0 Å². The summed E-state index contributed by atoms with van der Waals surface area (Å²) < 4.78 is 5.95. The molecule has 0 saturated heterocycles. The van der Waals surface area contributed by atoms with Gasteiger partial charge in [0.2, 0.25) is 5.78 Å². The number of aliphatic hydroxyl groups is 3. The summed E-state index contributed by atoms with van der Waals surface area (Å²) in [7, 11) is 0. The second-order valence-electron chi connectivity index (χ2n) is 11.2. The average Bonchev–Trinajstić information content (AvgIpc) is 3.05. The van der Waals surface area contributed by atoms with Crippen molar-refractivity contribution in [1.29, 1.82) is 0 Å². The number of hydrogen-bond acceptors (Lipinski definition) is 7. The molecule has 0 amide bonds. The quantitative estimate of drug-likeness (QED) is 0.519. The predicted molar refractivity (Wildman–Crippen MR) is 120 cm³/mol. The normalized spacial score (nSPS) is 44.4. The first kappa shape index (κ1) is 24.6.